The molecule has 2 aromatic heterocycles. The van der Waals surface area contributed by atoms with E-state index >= 15 is 0 Å². The van der Waals surface area contributed by atoms with Crippen molar-refractivity contribution in [3.63, 3.8) is 0 Å². The Kier molecular flexibility index (Phi) is 4.47. The van der Waals surface area contributed by atoms with E-state index in [0.717, 1.165) is 0 Å². The van der Waals surface area contributed by atoms with Gasteiger partial charge in [0, 0.05) is 10.8 Å². The first kappa shape index (κ1) is 17.8. The summed E-state index contributed by atoms with van der Waals surface area (Å²) in [6.45, 7) is 11.0. The van der Waals surface area contributed by atoms with Crippen molar-refractivity contribution < 1.29 is 27.8 Å². The van der Waals surface area contributed by atoms with E-state index in [4.69, 9.17) is 27.8 Å². The van der Waals surface area contributed by atoms with E-state index in [2.05, 4.69) is 27.7 Å². The van der Waals surface area contributed by atoms with Crippen molar-refractivity contribution >= 4 is 0 Å². The highest BCUT2D eigenvalue weighted by Crippen LogP contribution is 2.36. The summed E-state index contributed by atoms with van der Waals surface area (Å²) in [5.41, 5.74) is 0.0484. The summed E-state index contributed by atoms with van der Waals surface area (Å²) in [5, 5.41) is 0. The normalized spacial score (nSPS) is 24.0. The van der Waals surface area contributed by atoms with Crippen LogP contribution in [0.3, 0.4) is 0 Å². The summed E-state index contributed by atoms with van der Waals surface area (Å²) >= 11 is 0. The van der Waals surface area contributed by atoms with E-state index in [0.29, 0.717) is 49.5 Å². The van der Waals surface area contributed by atoms with Crippen LogP contribution in [0.4, 0.5) is 0 Å². The molecule has 0 aliphatic carbocycles. The van der Waals surface area contributed by atoms with Gasteiger partial charge < -0.3 is 27.8 Å². The lowest BCUT2D eigenvalue weighted by molar-refractivity contribution is -0.233. The lowest BCUT2D eigenvalue weighted by Gasteiger charge is -2.33. The predicted octanol–water partition coefficient (Wildman–Crippen LogP) is 4.68. The van der Waals surface area contributed by atoms with Crippen molar-refractivity contribution in [3.05, 3.63) is 35.8 Å². The lowest BCUT2D eigenvalue weighted by Crippen LogP contribution is -2.33. The molecule has 4 heterocycles. The minimum Gasteiger partial charge on any atom is -0.452 e. The van der Waals surface area contributed by atoms with Crippen molar-refractivity contribution in [2.45, 2.75) is 40.3 Å². The largest absolute Gasteiger partial charge is 0.452 e. The number of rotatable bonds is 3. The van der Waals surface area contributed by atoms with Gasteiger partial charge in [0.15, 0.2) is 23.0 Å². The molecule has 0 atom stereocenters. The first-order chi connectivity index (χ1) is 12.3. The second-order valence-corrected chi connectivity index (χ2v) is 8.64. The maximum absolute atomic E-state index is 5.89. The smallest absolute Gasteiger partial charge is 0.217 e. The molecule has 0 amide bonds. The Labute approximate surface area is 153 Å². The summed E-state index contributed by atoms with van der Waals surface area (Å²) in [6.07, 6.45) is -0.947. The molecule has 2 aliphatic rings. The lowest BCUT2D eigenvalue weighted by atomic mass is 9.95. The molecule has 26 heavy (non-hydrogen) atoms. The molecular formula is C20H26O6. The number of hydrogen-bond acceptors (Lipinski definition) is 6. The fraction of sp³-hybridized carbons (Fsp3) is 0.600. The van der Waals surface area contributed by atoms with E-state index in [1.807, 2.05) is 24.3 Å². The monoisotopic (exact) mass is 362 g/mol. The first-order valence-corrected chi connectivity index (χ1v) is 8.98. The molecule has 6 heteroatoms. The summed E-state index contributed by atoms with van der Waals surface area (Å²) in [6, 6.07) is 7.43. The van der Waals surface area contributed by atoms with E-state index in [1.54, 1.807) is 0 Å². The van der Waals surface area contributed by atoms with E-state index < -0.39 is 12.6 Å². The van der Waals surface area contributed by atoms with Gasteiger partial charge in [0.2, 0.25) is 12.6 Å². The summed E-state index contributed by atoms with van der Waals surface area (Å²) in [7, 11) is 0. The van der Waals surface area contributed by atoms with Crippen molar-refractivity contribution in [2.24, 2.45) is 10.8 Å². The van der Waals surface area contributed by atoms with E-state index in [1.165, 1.54) is 0 Å². The van der Waals surface area contributed by atoms with E-state index in [-0.39, 0.29) is 10.8 Å². The van der Waals surface area contributed by atoms with Gasteiger partial charge in [-0.3, -0.25) is 0 Å². The first-order valence-electron chi connectivity index (χ1n) is 8.98. The zero-order valence-corrected chi connectivity index (χ0v) is 15.7. The third kappa shape index (κ3) is 3.74. The Morgan fingerprint density at radius 3 is 1.31 bits per heavy atom. The SMILES string of the molecule is CC1(C)COC(c2ccc(-c3ccc(C4OCC(C)(C)CO4)o3)o2)OC1. The summed E-state index contributed by atoms with van der Waals surface area (Å²) < 4.78 is 34.8. The number of ether oxygens (including phenoxy) is 4. The van der Waals surface area contributed by atoms with Crippen LogP contribution in [0.15, 0.2) is 33.1 Å². The fourth-order valence-electron chi connectivity index (χ4n) is 2.94. The number of hydrogen-bond donors (Lipinski definition) is 0. The minimum atomic E-state index is -0.474. The molecule has 2 aliphatic heterocycles. The van der Waals surface area contributed by atoms with Gasteiger partial charge in [-0.15, -0.1) is 0 Å². The molecule has 6 nitrogen and oxygen atoms in total. The van der Waals surface area contributed by atoms with Crippen molar-refractivity contribution in [1.82, 2.24) is 0 Å². The van der Waals surface area contributed by atoms with Crippen molar-refractivity contribution in [3.8, 4) is 11.5 Å². The van der Waals surface area contributed by atoms with Gasteiger partial charge in [0.25, 0.3) is 0 Å². The molecule has 0 bridgehead atoms. The Morgan fingerprint density at radius 1 is 0.615 bits per heavy atom. The molecule has 0 N–H and O–H groups in total. The molecule has 142 valence electrons. The standard InChI is InChI=1S/C20H26O6/c1-19(2)9-21-17(22-10-19)15-7-5-13(25-15)14-6-8-16(26-14)18-23-11-20(3,4)12-24-18/h5-8,17-18H,9-12H2,1-4H3. The van der Waals surface area contributed by atoms with Crippen LogP contribution in [0.5, 0.6) is 0 Å². The molecule has 0 spiro atoms. The number of furan rings is 2. The fourth-order valence-corrected chi connectivity index (χ4v) is 2.94. The van der Waals surface area contributed by atoms with Gasteiger partial charge in [-0.1, -0.05) is 27.7 Å². The molecular weight excluding hydrogens is 336 g/mol. The van der Waals surface area contributed by atoms with Gasteiger partial charge >= 0.3 is 0 Å². The Hall–Kier alpha value is -1.60. The maximum Gasteiger partial charge on any atom is 0.217 e. The second kappa shape index (κ2) is 6.53. The molecule has 2 aromatic rings. The molecule has 0 aromatic carbocycles. The Bertz CT molecular complexity index is 672. The third-order valence-electron chi connectivity index (χ3n) is 4.46. The molecule has 0 radical (unpaired) electrons. The summed E-state index contributed by atoms with van der Waals surface area (Å²) in [4.78, 5) is 0. The topological polar surface area (TPSA) is 63.2 Å². The van der Waals surface area contributed by atoms with Crippen molar-refractivity contribution in [2.75, 3.05) is 26.4 Å². The molecule has 2 fully saturated rings. The highest BCUT2D eigenvalue weighted by Gasteiger charge is 2.32. The zero-order valence-electron chi connectivity index (χ0n) is 15.7. The molecule has 0 saturated carbocycles. The van der Waals surface area contributed by atoms with Crippen LogP contribution >= 0.6 is 0 Å². The minimum absolute atomic E-state index is 0.0242. The zero-order chi connectivity index (χ0) is 18.4. The van der Waals surface area contributed by atoms with Crippen LogP contribution in [0, 0.1) is 10.8 Å². The maximum atomic E-state index is 5.89. The van der Waals surface area contributed by atoms with Gasteiger partial charge in [-0.25, -0.2) is 0 Å². The van der Waals surface area contributed by atoms with Crippen LogP contribution in [0.1, 0.15) is 51.8 Å². The predicted molar refractivity (Wildman–Crippen MR) is 93.3 cm³/mol. The quantitative estimate of drug-likeness (QED) is 0.790. The summed E-state index contributed by atoms with van der Waals surface area (Å²) in [5.74, 6) is 2.53. The second-order valence-electron chi connectivity index (χ2n) is 8.64. The van der Waals surface area contributed by atoms with Crippen LogP contribution < -0.4 is 0 Å². The van der Waals surface area contributed by atoms with Gasteiger partial charge in [-0.05, 0) is 24.3 Å². The van der Waals surface area contributed by atoms with E-state index in [9.17, 15) is 0 Å². The highest BCUT2D eigenvalue weighted by molar-refractivity contribution is 5.50. The Morgan fingerprint density at radius 2 is 0.962 bits per heavy atom. The van der Waals surface area contributed by atoms with Gasteiger partial charge in [0.1, 0.15) is 0 Å². The average molecular weight is 362 g/mol. The molecule has 2 saturated heterocycles. The van der Waals surface area contributed by atoms with Gasteiger partial charge in [-0.2, -0.15) is 0 Å². The van der Waals surface area contributed by atoms with Crippen molar-refractivity contribution in [1.29, 1.82) is 0 Å². The molecule has 0 unspecified atom stereocenters. The molecule has 4 rings (SSSR count). The van der Waals surface area contributed by atoms with Crippen LogP contribution in [-0.4, -0.2) is 26.4 Å². The Balaban J connectivity index is 1.43. The van der Waals surface area contributed by atoms with Crippen LogP contribution in [0.2, 0.25) is 0 Å². The average Bonchev–Trinajstić information content (AvgIpc) is 3.24. The van der Waals surface area contributed by atoms with Crippen LogP contribution in [0.25, 0.3) is 11.5 Å². The van der Waals surface area contributed by atoms with Gasteiger partial charge in [0.05, 0.1) is 26.4 Å². The highest BCUT2D eigenvalue weighted by atomic mass is 16.7. The van der Waals surface area contributed by atoms with Crippen LogP contribution in [-0.2, 0) is 18.9 Å². The third-order valence-corrected chi connectivity index (χ3v) is 4.46.